The molecule has 0 spiro atoms. The molecule has 0 bridgehead atoms. The number of hydrogen-bond donors (Lipinski definition) is 0. The summed E-state index contributed by atoms with van der Waals surface area (Å²) in [4.78, 5) is 14.3. The van der Waals surface area contributed by atoms with Crippen LogP contribution in [0.15, 0.2) is 16.5 Å². The molecule has 1 fully saturated rings. The molecule has 1 aliphatic rings. The van der Waals surface area contributed by atoms with E-state index in [1.165, 1.54) is 6.92 Å². The highest BCUT2D eigenvalue weighted by Gasteiger charge is 2.34. The number of carbonyl (C=O) groups is 1. The summed E-state index contributed by atoms with van der Waals surface area (Å²) in [6.45, 7) is 3.92. The van der Waals surface area contributed by atoms with Gasteiger partial charge in [0.25, 0.3) is 0 Å². The molecule has 1 aromatic heterocycles. The lowest BCUT2D eigenvalue weighted by Crippen LogP contribution is -2.43. The first-order valence-corrected chi connectivity index (χ1v) is 9.32. The van der Waals surface area contributed by atoms with Crippen molar-refractivity contribution in [2.75, 3.05) is 12.8 Å². The number of nitrogens with zero attached hydrogens (tertiary/aromatic N) is 1. The van der Waals surface area contributed by atoms with Crippen LogP contribution in [0.1, 0.15) is 50.2 Å². The summed E-state index contributed by atoms with van der Waals surface area (Å²) >= 11 is 0. The van der Waals surface area contributed by atoms with Crippen LogP contribution in [0.25, 0.3) is 0 Å². The van der Waals surface area contributed by atoms with Gasteiger partial charge in [0.1, 0.15) is 16.8 Å². The second-order valence-electron chi connectivity index (χ2n) is 5.82. The smallest absolute Gasteiger partial charge is 0.241 e. The van der Waals surface area contributed by atoms with Gasteiger partial charge < -0.3 is 9.32 Å². The quantitative estimate of drug-likeness (QED) is 0.859. The maximum atomic E-state index is 12.6. The second kappa shape index (κ2) is 6.22. The monoisotopic (exact) mass is 313 g/mol. The summed E-state index contributed by atoms with van der Waals surface area (Å²) < 4.78 is 29.0. The zero-order valence-electron chi connectivity index (χ0n) is 12.8. The first-order valence-electron chi connectivity index (χ1n) is 7.36. The molecule has 6 heteroatoms. The van der Waals surface area contributed by atoms with Crippen molar-refractivity contribution in [3.05, 3.63) is 23.7 Å². The van der Waals surface area contributed by atoms with E-state index in [0.717, 1.165) is 43.5 Å². The van der Waals surface area contributed by atoms with Crippen LogP contribution in [0, 0.1) is 6.92 Å². The van der Waals surface area contributed by atoms with Gasteiger partial charge in [0.15, 0.2) is 9.84 Å². The van der Waals surface area contributed by atoms with Gasteiger partial charge in [0.2, 0.25) is 5.91 Å². The van der Waals surface area contributed by atoms with E-state index < -0.39 is 15.1 Å². The van der Waals surface area contributed by atoms with Gasteiger partial charge in [-0.15, -0.1) is 0 Å². The summed E-state index contributed by atoms with van der Waals surface area (Å²) in [7, 11) is -3.39. The fourth-order valence-electron chi connectivity index (χ4n) is 2.72. The van der Waals surface area contributed by atoms with Crippen LogP contribution >= 0.6 is 0 Å². The van der Waals surface area contributed by atoms with Gasteiger partial charge in [0.05, 0.1) is 6.04 Å². The molecule has 1 saturated heterocycles. The molecule has 2 atom stereocenters. The minimum Gasteiger partial charge on any atom is -0.464 e. The first-order chi connectivity index (χ1) is 9.80. The molecule has 0 aromatic carbocycles. The van der Waals surface area contributed by atoms with Gasteiger partial charge >= 0.3 is 0 Å². The largest absolute Gasteiger partial charge is 0.464 e. The summed E-state index contributed by atoms with van der Waals surface area (Å²) in [5.41, 5.74) is 0. The number of rotatable bonds is 3. The SMILES string of the molecule is Cc1ccc([C@@H]2CCCCCN2C(=O)[C@H](C)S(C)(=O)=O)o1. The summed E-state index contributed by atoms with van der Waals surface area (Å²) in [5, 5.41) is -1.01. The van der Waals surface area contributed by atoms with Crippen LogP contribution in [0.2, 0.25) is 0 Å². The number of amides is 1. The molecule has 2 heterocycles. The molecule has 0 N–H and O–H groups in total. The molecule has 2 rings (SSSR count). The maximum Gasteiger partial charge on any atom is 0.241 e. The summed E-state index contributed by atoms with van der Waals surface area (Å²) in [6.07, 6.45) is 4.89. The van der Waals surface area contributed by atoms with Crippen LogP contribution in [0.5, 0.6) is 0 Å². The van der Waals surface area contributed by atoms with E-state index in [9.17, 15) is 13.2 Å². The van der Waals surface area contributed by atoms with Crippen LogP contribution in [-0.4, -0.2) is 37.3 Å². The number of sulfone groups is 1. The number of likely N-dealkylation sites (tertiary alicyclic amines) is 1. The van der Waals surface area contributed by atoms with E-state index in [-0.39, 0.29) is 11.9 Å². The third-order valence-electron chi connectivity index (χ3n) is 4.12. The van der Waals surface area contributed by atoms with Gasteiger partial charge in [-0.2, -0.15) is 0 Å². The molecule has 1 aliphatic heterocycles. The molecule has 0 unspecified atom stereocenters. The number of aryl methyl sites for hydroxylation is 1. The molecule has 0 radical (unpaired) electrons. The van der Waals surface area contributed by atoms with Crippen molar-refractivity contribution in [1.82, 2.24) is 4.90 Å². The normalized spacial score (nSPS) is 21.9. The Bertz CT molecular complexity index is 605. The van der Waals surface area contributed by atoms with Crippen molar-refractivity contribution in [2.45, 2.75) is 50.8 Å². The average Bonchev–Trinajstić information content (AvgIpc) is 2.70. The molecular formula is C15H23NO4S. The Morgan fingerprint density at radius 3 is 2.62 bits per heavy atom. The lowest BCUT2D eigenvalue weighted by Gasteiger charge is -2.30. The van der Waals surface area contributed by atoms with Crippen molar-refractivity contribution in [3.8, 4) is 0 Å². The van der Waals surface area contributed by atoms with E-state index >= 15 is 0 Å². The Labute approximate surface area is 126 Å². The predicted octanol–water partition coefficient (Wildman–Crippen LogP) is 2.46. The fourth-order valence-corrected chi connectivity index (χ4v) is 3.22. The van der Waals surface area contributed by atoms with Crippen molar-refractivity contribution in [3.63, 3.8) is 0 Å². The highest BCUT2D eigenvalue weighted by atomic mass is 32.2. The minimum absolute atomic E-state index is 0.155. The van der Waals surface area contributed by atoms with Crippen molar-refractivity contribution in [1.29, 1.82) is 0 Å². The lowest BCUT2D eigenvalue weighted by atomic mass is 10.1. The Balaban J connectivity index is 2.30. The minimum atomic E-state index is -3.39. The van der Waals surface area contributed by atoms with Crippen molar-refractivity contribution < 1.29 is 17.6 Å². The molecular weight excluding hydrogens is 290 g/mol. The molecule has 21 heavy (non-hydrogen) atoms. The fraction of sp³-hybridized carbons (Fsp3) is 0.667. The molecule has 1 amide bonds. The van der Waals surface area contributed by atoms with Gasteiger partial charge in [-0.25, -0.2) is 8.42 Å². The van der Waals surface area contributed by atoms with E-state index in [1.54, 1.807) is 4.90 Å². The highest BCUT2D eigenvalue weighted by molar-refractivity contribution is 7.92. The Hall–Kier alpha value is -1.30. The second-order valence-corrected chi connectivity index (χ2v) is 8.18. The van der Waals surface area contributed by atoms with Crippen molar-refractivity contribution >= 4 is 15.7 Å². The number of furan rings is 1. The standard InChI is InChI=1S/C15H23NO4S/c1-11-8-9-14(20-11)13-7-5-4-6-10-16(13)15(17)12(2)21(3,18)19/h8-9,12-13H,4-7,10H2,1-3H3/t12-,13-/m0/s1. The van der Waals surface area contributed by atoms with E-state index in [0.29, 0.717) is 6.54 Å². The first kappa shape index (κ1) is 16.1. The third kappa shape index (κ3) is 3.67. The number of carbonyl (C=O) groups excluding carboxylic acids is 1. The molecule has 0 saturated carbocycles. The molecule has 118 valence electrons. The highest BCUT2D eigenvalue weighted by Crippen LogP contribution is 2.32. The van der Waals surface area contributed by atoms with E-state index in [2.05, 4.69) is 0 Å². The summed E-state index contributed by atoms with van der Waals surface area (Å²) in [6, 6.07) is 3.61. The predicted molar refractivity (Wildman–Crippen MR) is 80.7 cm³/mol. The lowest BCUT2D eigenvalue weighted by molar-refractivity contribution is -0.133. The maximum absolute atomic E-state index is 12.6. The number of hydrogen-bond acceptors (Lipinski definition) is 4. The van der Waals surface area contributed by atoms with Crippen molar-refractivity contribution in [2.24, 2.45) is 0 Å². The topological polar surface area (TPSA) is 67.6 Å². The van der Waals surface area contributed by atoms with Crippen LogP contribution in [-0.2, 0) is 14.6 Å². The van der Waals surface area contributed by atoms with Gasteiger partial charge in [-0.3, -0.25) is 4.79 Å². The van der Waals surface area contributed by atoms with Crippen LogP contribution in [0.3, 0.4) is 0 Å². The molecule has 0 aliphatic carbocycles. The average molecular weight is 313 g/mol. The zero-order chi connectivity index (χ0) is 15.6. The van der Waals surface area contributed by atoms with Crippen LogP contribution in [0.4, 0.5) is 0 Å². The Morgan fingerprint density at radius 1 is 1.33 bits per heavy atom. The molecule has 5 nitrogen and oxygen atoms in total. The Kier molecular flexibility index (Phi) is 4.76. The molecule has 1 aromatic rings. The summed E-state index contributed by atoms with van der Waals surface area (Å²) in [5.74, 6) is 1.24. The van der Waals surface area contributed by atoms with E-state index in [4.69, 9.17) is 4.42 Å². The van der Waals surface area contributed by atoms with E-state index in [1.807, 2.05) is 19.1 Å². The van der Waals surface area contributed by atoms with Crippen LogP contribution < -0.4 is 0 Å². The van der Waals surface area contributed by atoms with Gasteiger partial charge in [0, 0.05) is 12.8 Å². The zero-order valence-corrected chi connectivity index (χ0v) is 13.6. The van der Waals surface area contributed by atoms with Gasteiger partial charge in [-0.1, -0.05) is 12.8 Å². The van der Waals surface area contributed by atoms with Gasteiger partial charge in [-0.05, 0) is 38.8 Å². The third-order valence-corrected chi connectivity index (χ3v) is 5.60. The Morgan fingerprint density at radius 2 is 2.05 bits per heavy atom.